The van der Waals surface area contributed by atoms with Crippen LogP contribution >= 0.6 is 11.6 Å². The van der Waals surface area contributed by atoms with E-state index in [1.165, 1.54) is 12.8 Å². The van der Waals surface area contributed by atoms with E-state index in [2.05, 4.69) is 10.2 Å². The number of nitrogens with zero attached hydrogens (tertiary/aromatic N) is 1. The van der Waals surface area contributed by atoms with E-state index in [0.29, 0.717) is 16.5 Å². The Hall–Kier alpha value is -0.640. The van der Waals surface area contributed by atoms with Crippen LogP contribution in [0.15, 0.2) is 12.1 Å². The van der Waals surface area contributed by atoms with Crippen LogP contribution in [-0.2, 0) is 6.54 Å². The van der Waals surface area contributed by atoms with Crippen LogP contribution in [0, 0.1) is 18.7 Å². The van der Waals surface area contributed by atoms with Gasteiger partial charge in [0.1, 0.15) is 5.82 Å². The molecule has 0 bridgehead atoms. The topological polar surface area (TPSA) is 15.3 Å². The molecule has 19 heavy (non-hydrogen) atoms. The molecule has 1 heterocycles. The monoisotopic (exact) mass is 284 g/mol. The lowest BCUT2D eigenvalue weighted by Crippen LogP contribution is -2.38. The highest BCUT2D eigenvalue weighted by Crippen LogP contribution is 2.24. The fourth-order valence-electron chi connectivity index (χ4n) is 2.80. The van der Waals surface area contributed by atoms with Crippen molar-refractivity contribution < 1.29 is 4.39 Å². The standard InChI is InChI=1S/C15H22ClFN2/c1-11-6-14(16)13(7-15(11)17)10-19-5-3-4-12(9-19)8-18-2/h6-7,12,18H,3-5,8-10H2,1-2H3. The number of benzene rings is 1. The van der Waals surface area contributed by atoms with Gasteiger partial charge in [-0.25, -0.2) is 4.39 Å². The minimum Gasteiger partial charge on any atom is -0.319 e. The number of piperidine rings is 1. The van der Waals surface area contributed by atoms with Crippen molar-refractivity contribution in [3.05, 3.63) is 34.1 Å². The van der Waals surface area contributed by atoms with Crippen molar-refractivity contribution in [3.8, 4) is 0 Å². The highest BCUT2D eigenvalue weighted by molar-refractivity contribution is 6.31. The van der Waals surface area contributed by atoms with Gasteiger partial charge in [0.2, 0.25) is 0 Å². The van der Waals surface area contributed by atoms with Crippen molar-refractivity contribution in [3.63, 3.8) is 0 Å². The van der Waals surface area contributed by atoms with Gasteiger partial charge >= 0.3 is 0 Å². The van der Waals surface area contributed by atoms with Crippen LogP contribution in [0.25, 0.3) is 0 Å². The van der Waals surface area contributed by atoms with Gasteiger partial charge in [0.15, 0.2) is 0 Å². The maximum atomic E-state index is 13.6. The molecule has 0 saturated carbocycles. The molecule has 2 rings (SSSR count). The van der Waals surface area contributed by atoms with Crippen molar-refractivity contribution in [2.75, 3.05) is 26.7 Å². The minimum atomic E-state index is -0.164. The third-order valence-corrected chi connectivity index (χ3v) is 4.17. The van der Waals surface area contributed by atoms with Gasteiger partial charge in [-0.15, -0.1) is 0 Å². The maximum Gasteiger partial charge on any atom is 0.126 e. The summed E-state index contributed by atoms with van der Waals surface area (Å²) < 4.78 is 13.6. The summed E-state index contributed by atoms with van der Waals surface area (Å²) in [6, 6.07) is 3.31. The lowest BCUT2D eigenvalue weighted by molar-refractivity contribution is 0.166. The predicted octanol–water partition coefficient (Wildman–Crippen LogP) is 3.22. The zero-order valence-corrected chi connectivity index (χ0v) is 12.4. The first-order valence-corrected chi connectivity index (χ1v) is 7.29. The van der Waals surface area contributed by atoms with E-state index < -0.39 is 0 Å². The Kier molecular flexibility index (Phi) is 5.20. The highest BCUT2D eigenvalue weighted by Gasteiger charge is 2.20. The molecule has 106 valence electrons. The molecule has 1 fully saturated rings. The summed E-state index contributed by atoms with van der Waals surface area (Å²) in [4.78, 5) is 2.38. The van der Waals surface area contributed by atoms with Crippen LogP contribution in [0.3, 0.4) is 0 Å². The summed E-state index contributed by atoms with van der Waals surface area (Å²) in [5, 5.41) is 3.91. The lowest BCUT2D eigenvalue weighted by Gasteiger charge is -2.32. The normalized spacial score (nSPS) is 20.7. The highest BCUT2D eigenvalue weighted by atomic mass is 35.5. The van der Waals surface area contributed by atoms with E-state index >= 15 is 0 Å². The minimum absolute atomic E-state index is 0.164. The largest absolute Gasteiger partial charge is 0.319 e. The van der Waals surface area contributed by atoms with Crippen molar-refractivity contribution in [2.45, 2.75) is 26.3 Å². The van der Waals surface area contributed by atoms with E-state index in [-0.39, 0.29) is 5.82 Å². The zero-order valence-electron chi connectivity index (χ0n) is 11.7. The van der Waals surface area contributed by atoms with Crippen molar-refractivity contribution in [1.82, 2.24) is 10.2 Å². The van der Waals surface area contributed by atoms with E-state index in [4.69, 9.17) is 11.6 Å². The van der Waals surface area contributed by atoms with E-state index in [1.807, 2.05) is 7.05 Å². The van der Waals surface area contributed by atoms with Crippen LogP contribution < -0.4 is 5.32 Å². The maximum absolute atomic E-state index is 13.6. The molecule has 1 aliphatic rings. The summed E-state index contributed by atoms with van der Waals surface area (Å²) in [6.45, 7) is 5.68. The van der Waals surface area contributed by atoms with Gasteiger partial charge in [-0.1, -0.05) is 11.6 Å². The number of hydrogen-bond acceptors (Lipinski definition) is 2. The molecule has 4 heteroatoms. The average molecular weight is 285 g/mol. The Bertz CT molecular complexity index is 434. The fraction of sp³-hybridized carbons (Fsp3) is 0.600. The first kappa shape index (κ1) is 14.8. The van der Waals surface area contributed by atoms with Crippen LogP contribution in [0.1, 0.15) is 24.0 Å². The first-order chi connectivity index (χ1) is 9.10. The van der Waals surface area contributed by atoms with Crippen LogP contribution in [0.4, 0.5) is 4.39 Å². The second-order valence-electron chi connectivity index (χ2n) is 5.49. The summed E-state index contributed by atoms with van der Waals surface area (Å²) >= 11 is 6.21. The molecule has 1 aliphatic heterocycles. The van der Waals surface area contributed by atoms with Crippen LogP contribution in [0.5, 0.6) is 0 Å². The molecule has 0 aromatic heterocycles. The van der Waals surface area contributed by atoms with Gasteiger partial charge in [-0.05, 0) is 69.1 Å². The Morgan fingerprint density at radius 1 is 1.47 bits per heavy atom. The Morgan fingerprint density at radius 2 is 2.26 bits per heavy atom. The summed E-state index contributed by atoms with van der Waals surface area (Å²) in [7, 11) is 1.99. The molecule has 1 N–H and O–H groups in total. The van der Waals surface area contributed by atoms with Gasteiger partial charge in [0, 0.05) is 18.1 Å². The number of hydrogen-bond donors (Lipinski definition) is 1. The summed E-state index contributed by atoms with van der Waals surface area (Å²) in [6.07, 6.45) is 2.48. The molecule has 1 unspecified atom stereocenters. The Morgan fingerprint density at radius 3 is 3.00 bits per heavy atom. The van der Waals surface area contributed by atoms with Crippen molar-refractivity contribution in [2.24, 2.45) is 5.92 Å². The van der Waals surface area contributed by atoms with Gasteiger partial charge < -0.3 is 5.32 Å². The molecule has 0 radical (unpaired) electrons. The van der Waals surface area contributed by atoms with E-state index in [9.17, 15) is 4.39 Å². The van der Waals surface area contributed by atoms with Crippen molar-refractivity contribution in [1.29, 1.82) is 0 Å². The molecular formula is C15H22ClFN2. The zero-order chi connectivity index (χ0) is 13.8. The molecular weight excluding hydrogens is 263 g/mol. The number of likely N-dealkylation sites (tertiary alicyclic amines) is 1. The number of rotatable bonds is 4. The van der Waals surface area contributed by atoms with E-state index in [0.717, 1.165) is 31.7 Å². The SMILES string of the molecule is CNCC1CCCN(Cc2cc(F)c(C)cc2Cl)C1. The molecule has 1 aromatic carbocycles. The molecule has 0 spiro atoms. The quantitative estimate of drug-likeness (QED) is 0.913. The number of nitrogens with one attached hydrogen (secondary N) is 1. The Balaban J connectivity index is 2.02. The molecule has 1 saturated heterocycles. The number of aryl methyl sites for hydroxylation is 1. The molecule has 1 atom stereocenters. The predicted molar refractivity (Wildman–Crippen MR) is 78.1 cm³/mol. The smallest absolute Gasteiger partial charge is 0.126 e. The van der Waals surface area contributed by atoms with Crippen LogP contribution in [0.2, 0.25) is 5.02 Å². The Labute approximate surface area is 119 Å². The third kappa shape index (κ3) is 3.91. The van der Waals surface area contributed by atoms with Gasteiger partial charge in [0.25, 0.3) is 0 Å². The van der Waals surface area contributed by atoms with E-state index in [1.54, 1.807) is 19.1 Å². The molecule has 0 aliphatic carbocycles. The van der Waals surface area contributed by atoms with Gasteiger partial charge in [-0.3, -0.25) is 4.90 Å². The van der Waals surface area contributed by atoms with Crippen molar-refractivity contribution >= 4 is 11.6 Å². The number of halogens is 2. The third-order valence-electron chi connectivity index (χ3n) is 3.82. The fourth-order valence-corrected chi connectivity index (χ4v) is 3.08. The molecule has 0 amide bonds. The summed E-state index contributed by atoms with van der Waals surface area (Å²) in [5.74, 6) is 0.524. The first-order valence-electron chi connectivity index (χ1n) is 6.91. The average Bonchev–Trinajstić information content (AvgIpc) is 2.37. The van der Waals surface area contributed by atoms with Gasteiger partial charge in [0.05, 0.1) is 0 Å². The second-order valence-corrected chi connectivity index (χ2v) is 5.90. The molecule has 1 aromatic rings. The lowest BCUT2D eigenvalue weighted by atomic mass is 9.97. The van der Waals surface area contributed by atoms with Crippen LogP contribution in [-0.4, -0.2) is 31.6 Å². The summed E-state index contributed by atoms with van der Waals surface area (Å²) in [5.41, 5.74) is 1.51. The molecule has 2 nitrogen and oxygen atoms in total. The van der Waals surface area contributed by atoms with Gasteiger partial charge in [-0.2, -0.15) is 0 Å². The second kappa shape index (κ2) is 6.69.